The van der Waals surface area contributed by atoms with Gasteiger partial charge in [-0.05, 0) is 48.9 Å². The normalized spacial score (nSPS) is 12.4. The zero-order valence-corrected chi connectivity index (χ0v) is 16.6. The summed E-state index contributed by atoms with van der Waals surface area (Å²) in [7, 11) is 3.53. The first-order chi connectivity index (χ1) is 13.5. The summed E-state index contributed by atoms with van der Waals surface area (Å²) in [5.41, 5.74) is 0.631. The van der Waals surface area contributed by atoms with E-state index in [4.69, 9.17) is 9.47 Å². The van der Waals surface area contributed by atoms with Crippen molar-refractivity contribution in [3.8, 4) is 11.5 Å². The Hall–Kier alpha value is -2.80. The number of hydrogen-bond donors (Lipinski definition) is 2. The number of halogens is 1. The van der Waals surface area contributed by atoms with Crippen molar-refractivity contribution in [3.05, 3.63) is 59.9 Å². The first kappa shape index (κ1) is 21.5. The number of nitrogens with zero attached hydrogens (tertiary/aromatic N) is 2. The average molecular weight is 389 g/mol. The first-order valence-electron chi connectivity index (χ1n) is 9.23. The van der Waals surface area contributed by atoms with Crippen LogP contribution in [0.25, 0.3) is 0 Å². The van der Waals surface area contributed by atoms with Crippen LogP contribution in [0.4, 0.5) is 4.39 Å². The summed E-state index contributed by atoms with van der Waals surface area (Å²) in [5.74, 6) is 1.89. The highest BCUT2D eigenvalue weighted by Crippen LogP contribution is 2.17. The highest BCUT2D eigenvalue weighted by molar-refractivity contribution is 5.79. The predicted octanol–water partition coefficient (Wildman–Crippen LogP) is 2.84. The van der Waals surface area contributed by atoms with Gasteiger partial charge >= 0.3 is 0 Å². The molecule has 1 unspecified atom stereocenters. The number of nitrogens with one attached hydrogen (secondary N) is 1. The molecule has 0 aliphatic carbocycles. The van der Waals surface area contributed by atoms with E-state index in [-0.39, 0.29) is 12.4 Å². The van der Waals surface area contributed by atoms with Crippen molar-refractivity contribution in [1.82, 2.24) is 10.2 Å². The largest absolute Gasteiger partial charge is 0.497 e. The molecular weight excluding hydrogens is 361 g/mol. The van der Waals surface area contributed by atoms with Gasteiger partial charge in [-0.3, -0.25) is 4.99 Å². The number of methoxy groups -OCH3 is 1. The molecule has 0 aliphatic heterocycles. The molecule has 0 aromatic heterocycles. The van der Waals surface area contributed by atoms with Gasteiger partial charge < -0.3 is 24.8 Å². The van der Waals surface area contributed by atoms with Gasteiger partial charge in [-0.1, -0.05) is 12.1 Å². The van der Waals surface area contributed by atoms with Crippen molar-refractivity contribution < 1.29 is 19.0 Å². The van der Waals surface area contributed by atoms with Gasteiger partial charge in [0.15, 0.2) is 5.96 Å². The van der Waals surface area contributed by atoms with E-state index >= 15 is 0 Å². The quantitative estimate of drug-likeness (QED) is 0.510. The summed E-state index contributed by atoms with van der Waals surface area (Å²) in [4.78, 5) is 6.41. The van der Waals surface area contributed by atoms with Crippen molar-refractivity contribution in [1.29, 1.82) is 0 Å². The number of rotatable bonds is 9. The molecule has 0 bridgehead atoms. The number of aliphatic hydroxyl groups excluding tert-OH is 1. The SMILES string of the molecule is CCNC(=NCC(O)c1ccc(F)cc1)N(C)CCOc1ccc(OC)cc1. The summed E-state index contributed by atoms with van der Waals surface area (Å²) < 4.78 is 23.9. The summed E-state index contributed by atoms with van der Waals surface area (Å²) in [5, 5.41) is 13.5. The Labute approximate surface area is 165 Å². The highest BCUT2D eigenvalue weighted by atomic mass is 19.1. The topological polar surface area (TPSA) is 66.3 Å². The van der Waals surface area contributed by atoms with Crippen molar-refractivity contribution >= 4 is 5.96 Å². The lowest BCUT2D eigenvalue weighted by Crippen LogP contribution is -2.41. The van der Waals surface area contributed by atoms with E-state index in [1.165, 1.54) is 12.1 Å². The van der Waals surface area contributed by atoms with Gasteiger partial charge in [0.25, 0.3) is 0 Å². The van der Waals surface area contributed by atoms with Gasteiger partial charge in [-0.15, -0.1) is 0 Å². The second-order valence-electron chi connectivity index (χ2n) is 6.21. The van der Waals surface area contributed by atoms with Crippen molar-refractivity contribution in [2.45, 2.75) is 13.0 Å². The predicted molar refractivity (Wildman–Crippen MR) is 108 cm³/mol. The minimum absolute atomic E-state index is 0.178. The third-order valence-corrected chi connectivity index (χ3v) is 4.12. The molecule has 0 aliphatic rings. The zero-order valence-electron chi connectivity index (χ0n) is 16.6. The number of likely N-dealkylation sites (N-methyl/N-ethyl adjacent to an activating group) is 1. The van der Waals surface area contributed by atoms with Gasteiger partial charge in [-0.25, -0.2) is 4.39 Å². The molecule has 7 heteroatoms. The molecule has 2 N–H and O–H groups in total. The zero-order chi connectivity index (χ0) is 20.4. The van der Waals surface area contributed by atoms with Gasteiger partial charge in [-0.2, -0.15) is 0 Å². The smallest absolute Gasteiger partial charge is 0.193 e. The van der Waals surface area contributed by atoms with E-state index in [1.807, 2.05) is 43.1 Å². The molecule has 1 atom stereocenters. The van der Waals surface area contributed by atoms with Crippen molar-refractivity contribution in [2.75, 3.05) is 40.4 Å². The fourth-order valence-corrected chi connectivity index (χ4v) is 2.51. The summed E-state index contributed by atoms with van der Waals surface area (Å²) in [6, 6.07) is 13.2. The van der Waals surface area contributed by atoms with Gasteiger partial charge in [0.2, 0.25) is 0 Å². The van der Waals surface area contributed by atoms with Crippen LogP contribution in [0.1, 0.15) is 18.6 Å². The second kappa shape index (κ2) is 11.1. The number of guanidine groups is 1. The average Bonchev–Trinajstić information content (AvgIpc) is 2.71. The Bertz CT molecular complexity index is 736. The van der Waals surface area contributed by atoms with Crippen LogP contribution in [0.2, 0.25) is 0 Å². The Morgan fingerprint density at radius 3 is 2.39 bits per heavy atom. The van der Waals surface area contributed by atoms with Crippen LogP contribution in [-0.2, 0) is 0 Å². The Morgan fingerprint density at radius 1 is 1.14 bits per heavy atom. The summed E-state index contributed by atoms with van der Waals surface area (Å²) in [6.07, 6.45) is -0.793. The maximum atomic E-state index is 13.0. The lowest BCUT2D eigenvalue weighted by atomic mass is 10.1. The maximum Gasteiger partial charge on any atom is 0.193 e. The maximum absolute atomic E-state index is 13.0. The second-order valence-corrected chi connectivity index (χ2v) is 6.21. The Morgan fingerprint density at radius 2 is 1.79 bits per heavy atom. The van der Waals surface area contributed by atoms with Gasteiger partial charge in [0.05, 0.1) is 26.3 Å². The molecule has 0 radical (unpaired) electrons. The van der Waals surface area contributed by atoms with Crippen LogP contribution in [-0.4, -0.2) is 56.4 Å². The van der Waals surface area contributed by atoms with Crippen LogP contribution < -0.4 is 14.8 Å². The number of aliphatic hydroxyl groups is 1. The molecule has 2 rings (SSSR count). The molecule has 0 heterocycles. The van der Waals surface area contributed by atoms with Crippen LogP contribution in [0.15, 0.2) is 53.5 Å². The molecule has 0 fully saturated rings. The molecule has 2 aromatic rings. The molecule has 0 spiro atoms. The van der Waals surface area contributed by atoms with E-state index in [9.17, 15) is 9.50 Å². The van der Waals surface area contributed by atoms with E-state index in [0.717, 1.165) is 11.5 Å². The first-order valence-corrected chi connectivity index (χ1v) is 9.23. The Balaban J connectivity index is 1.87. The van der Waals surface area contributed by atoms with Gasteiger partial charge in [0.1, 0.15) is 23.9 Å². The monoisotopic (exact) mass is 389 g/mol. The fraction of sp³-hybridized carbons (Fsp3) is 0.381. The van der Waals surface area contributed by atoms with Crippen LogP contribution in [0.5, 0.6) is 11.5 Å². The number of aliphatic imine (C=N–C) groups is 1. The van der Waals surface area contributed by atoms with E-state index < -0.39 is 6.10 Å². The molecule has 152 valence electrons. The fourth-order valence-electron chi connectivity index (χ4n) is 2.51. The summed E-state index contributed by atoms with van der Waals surface area (Å²) in [6.45, 7) is 3.96. The van der Waals surface area contributed by atoms with E-state index in [2.05, 4.69) is 10.3 Å². The third kappa shape index (κ3) is 6.74. The number of hydrogen-bond acceptors (Lipinski definition) is 4. The minimum Gasteiger partial charge on any atom is -0.497 e. The van der Waals surface area contributed by atoms with Crippen molar-refractivity contribution in [3.63, 3.8) is 0 Å². The summed E-state index contributed by atoms with van der Waals surface area (Å²) >= 11 is 0. The van der Waals surface area contributed by atoms with Gasteiger partial charge in [0, 0.05) is 13.6 Å². The van der Waals surface area contributed by atoms with Crippen LogP contribution in [0, 0.1) is 5.82 Å². The standard InChI is InChI=1S/C21H28FN3O3/c1-4-23-21(24-15-20(26)16-5-7-17(22)8-6-16)25(2)13-14-28-19-11-9-18(27-3)10-12-19/h5-12,20,26H,4,13-15H2,1-3H3,(H,23,24). The molecule has 0 saturated carbocycles. The lowest BCUT2D eigenvalue weighted by Gasteiger charge is -2.22. The highest BCUT2D eigenvalue weighted by Gasteiger charge is 2.10. The number of benzene rings is 2. The molecular formula is C21H28FN3O3. The molecule has 0 amide bonds. The number of ether oxygens (including phenoxy) is 2. The molecule has 0 saturated heterocycles. The molecule has 6 nitrogen and oxygen atoms in total. The lowest BCUT2D eigenvalue weighted by molar-refractivity contribution is 0.186. The minimum atomic E-state index is -0.793. The van der Waals surface area contributed by atoms with Crippen LogP contribution in [0.3, 0.4) is 0 Å². The van der Waals surface area contributed by atoms with Crippen LogP contribution >= 0.6 is 0 Å². The third-order valence-electron chi connectivity index (χ3n) is 4.12. The van der Waals surface area contributed by atoms with E-state index in [1.54, 1.807) is 19.2 Å². The molecule has 2 aromatic carbocycles. The molecule has 28 heavy (non-hydrogen) atoms. The Kier molecular flexibility index (Phi) is 8.55. The van der Waals surface area contributed by atoms with Crippen molar-refractivity contribution in [2.24, 2.45) is 4.99 Å². The van der Waals surface area contributed by atoms with E-state index in [0.29, 0.717) is 31.2 Å².